The Hall–Kier alpha value is -3.31. The first-order valence-electron chi connectivity index (χ1n) is 8.72. The van der Waals surface area contributed by atoms with E-state index in [0.29, 0.717) is 35.2 Å². The Balaban J connectivity index is 1.56. The average Bonchev–Trinajstić information content (AvgIpc) is 2.73. The average molecular weight is 394 g/mol. The number of rotatable bonds is 8. The second-order valence-electron chi connectivity index (χ2n) is 6.03. The van der Waals surface area contributed by atoms with E-state index in [9.17, 15) is 4.79 Å². The number of carbonyl (C=O) groups is 1. The van der Waals surface area contributed by atoms with Gasteiger partial charge in [-0.1, -0.05) is 29.8 Å². The number of pyridine rings is 1. The molecule has 0 unspecified atom stereocenters. The van der Waals surface area contributed by atoms with Crippen LogP contribution >= 0.6 is 11.6 Å². The molecule has 0 saturated carbocycles. The second kappa shape index (κ2) is 9.58. The van der Waals surface area contributed by atoms with Crippen molar-refractivity contribution in [1.82, 2.24) is 4.98 Å². The molecule has 6 heteroatoms. The molecule has 142 valence electrons. The quantitative estimate of drug-likeness (QED) is 0.518. The molecule has 1 aromatic heterocycles. The van der Waals surface area contributed by atoms with E-state index in [1.54, 1.807) is 30.5 Å². The number of hydrogen-bond acceptors (Lipinski definition) is 4. The van der Waals surface area contributed by atoms with Crippen LogP contribution in [0.25, 0.3) is 0 Å². The van der Waals surface area contributed by atoms with Crippen LogP contribution in [0.3, 0.4) is 0 Å². The van der Waals surface area contributed by atoms with E-state index in [0.717, 1.165) is 11.3 Å². The number of anilines is 2. The highest BCUT2D eigenvalue weighted by Gasteiger charge is 2.08. The number of ether oxygens (including phenoxy) is 1. The van der Waals surface area contributed by atoms with Crippen LogP contribution in [0, 0.1) is 0 Å². The zero-order valence-electron chi connectivity index (χ0n) is 15.2. The molecule has 0 spiro atoms. The summed E-state index contributed by atoms with van der Waals surface area (Å²) in [5.41, 5.74) is 2.93. The van der Waals surface area contributed by atoms with E-state index in [2.05, 4.69) is 22.2 Å². The van der Waals surface area contributed by atoms with Gasteiger partial charge in [0.2, 0.25) is 0 Å². The first-order chi connectivity index (χ1) is 13.6. The van der Waals surface area contributed by atoms with E-state index in [-0.39, 0.29) is 5.91 Å². The Kier molecular flexibility index (Phi) is 6.65. The molecule has 3 aromatic rings. The highest BCUT2D eigenvalue weighted by atomic mass is 35.5. The lowest BCUT2D eigenvalue weighted by molar-refractivity contribution is 0.102. The number of nitrogens with one attached hydrogen (secondary N) is 2. The summed E-state index contributed by atoms with van der Waals surface area (Å²) in [6, 6.07) is 16.5. The molecule has 28 heavy (non-hydrogen) atoms. The molecule has 0 radical (unpaired) electrons. The molecule has 0 bridgehead atoms. The fraction of sp³-hybridized carbons (Fsp3) is 0.0909. The lowest BCUT2D eigenvalue weighted by Gasteiger charge is -2.09. The summed E-state index contributed by atoms with van der Waals surface area (Å²) >= 11 is 5.88. The third-order valence-electron chi connectivity index (χ3n) is 3.88. The van der Waals surface area contributed by atoms with Gasteiger partial charge in [-0.25, -0.2) is 0 Å². The van der Waals surface area contributed by atoms with E-state index in [4.69, 9.17) is 16.3 Å². The topological polar surface area (TPSA) is 63.2 Å². The number of amides is 1. The Morgan fingerprint density at radius 1 is 1.07 bits per heavy atom. The van der Waals surface area contributed by atoms with Gasteiger partial charge >= 0.3 is 0 Å². The van der Waals surface area contributed by atoms with Crippen molar-refractivity contribution in [2.45, 2.75) is 6.61 Å². The smallest absolute Gasteiger partial charge is 0.257 e. The van der Waals surface area contributed by atoms with Crippen molar-refractivity contribution in [1.29, 1.82) is 0 Å². The van der Waals surface area contributed by atoms with Crippen LogP contribution in [-0.4, -0.2) is 17.4 Å². The fourth-order valence-electron chi connectivity index (χ4n) is 2.44. The maximum absolute atomic E-state index is 12.4. The molecule has 3 rings (SSSR count). The van der Waals surface area contributed by atoms with Crippen LogP contribution in [0.15, 0.2) is 79.6 Å². The first kappa shape index (κ1) is 19.5. The Labute approximate surface area is 169 Å². The molecule has 0 aliphatic heterocycles. The largest absolute Gasteiger partial charge is 0.489 e. The monoisotopic (exact) mass is 393 g/mol. The number of nitrogens with zero attached hydrogens (tertiary/aromatic N) is 1. The van der Waals surface area contributed by atoms with Crippen LogP contribution in [0.4, 0.5) is 11.4 Å². The van der Waals surface area contributed by atoms with Gasteiger partial charge < -0.3 is 15.4 Å². The molecule has 1 heterocycles. The standard InChI is InChI=1S/C22H20ClN3O2/c1-2-11-25-20-12-17(13-24-14-20)22(27)26-19-7-9-21(10-8-19)28-15-16-3-5-18(23)6-4-16/h2-10,12-14,25H,1,11,15H2,(H,26,27). The molecule has 0 saturated heterocycles. The summed E-state index contributed by atoms with van der Waals surface area (Å²) < 4.78 is 5.75. The molecule has 0 atom stereocenters. The Morgan fingerprint density at radius 2 is 1.82 bits per heavy atom. The minimum Gasteiger partial charge on any atom is -0.489 e. The van der Waals surface area contributed by atoms with Crippen molar-refractivity contribution in [2.75, 3.05) is 17.2 Å². The zero-order chi connectivity index (χ0) is 19.8. The molecule has 2 aromatic carbocycles. The minimum atomic E-state index is -0.232. The van der Waals surface area contributed by atoms with Crippen LogP contribution in [0.1, 0.15) is 15.9 Å². The maximum Gasteiger partial charge on any atom is 0.257 e. The molecule has 1 amide bonds. The van der Waals surface area contributed by atoms with E-state index in [1.807, 2.05) is 36.4 Å². The van der Waals surface area contributed by atoms with Crippen molar-refractivity contribution in [3.63, 3.8) is 0 Å². The van der Waals surface area contributed by atoms with Gasteiger partial charge in [-0.3, -0.25) is 9.78 Å². The van der Waals surface area contributed by atoms with Crippen LogP contribution < -0.4 is 15.4 Å². The molecule has 0 aliphatic carbocycles. The maximum atomic E-state index is 12.4. The molecule has 2 N–H and O–H groups in total. The van der Waals surface area contributed by atoms with Gasteiger partial charge in [0.05, 0.1) is 11.3 Å². The van der Waals surface area contributed by atoms with Gasteiger partial charge in [-0.05, 0) is 48.0 Å². The Bertz CT molecular complexity index is 941. The number of aromatic nitrogens is 1. The zero-order valence-corrected chi connectivity index (χ0v) is 15.9. The van der Waals surface area contributed by atoms with Gasteiger partial charge in [0.15, 0.2) is 0 Å². The van der Waals surface area contributed by atoms with Gasteiger partial charge in [0.25, 0.3) is 5.91 Å². The van der Waals surface area contributed by atoms with Gasteiger partial charge in [0.1, 0.15) is 12.4 Å². The molecule has 0 aliphatic rings. The van der Waals surface area contributed by atoms with Crippen molar-refractivity contribution >= 4 is 28.9 Å². The van der Waals surface area contributed by atoms with Crippen LogP contribution in [-0.2, 0) is 6.61 Å². The molecule has 0 fully saturated rings. The van der Waals surface area contributed by atoms with Gasteiger partial charge in [-0.15, -0.1) is 6.58 Å². The lowest BCUT2D eigenvalue weighted by Crippen LogP contribution is -2.12. The van der Waals surface area contributed by atoms with Crippen molar-refractivity contribution in [3.8, 4) is 5.75 Å². The predicted octanol–water partition coefficient (Wildman–Crippen LogP) is 5.16. The summed E-state index contributed by atoms with van der Waals surface area (Å²) in [6.07, 6.45) is 4.93. The first-order valence-corrected chi connectivity index (χ1v) is 9.10. The van der Waals surface area contributed by atoms with E-state index in [1.165, 1.54) is 6.20 Å². The summed E-state index contributed by atoms with van der Waals surface area (Å²) in [4.78, 5) is 16.5. The number of benzene rings is 2. The highest BCUT2D eigenvalue weighted by molar-refractivity contribution is 6.30. The van der Waals surface area contributed by atoms with Crippen molar-refractivity contribution < 1.29 is 9.53 Å². The lowest BCUT2D eigenvalue weighted by atomic mass is 10.2. The number of hydrogen-bond donors (Lipinski definition) is 2. The van der Waals surface area contributed by atoms with Gasteiger partial charge in [0, 0.05) is 29.6 Å². The third-order valence-corrected chi connectivity index (χ3v) is 4.13. The van der Waals surface area contributed by atoms with Crippen LogP contribution in [0.5, 0.6) is 5.75 Å². The Morgan fingerprint density at radius 3 is 2.54 bits per heavy atom. The van der Waals surface area contributed by atoms with E-state index < -0.39 is 0 Å². The molecule has 5 nitrogen and oxygen atoms in total. The summed E-state index contributed by atoms with van der Waals surface area (Å²) in [5, 5.41) is 6.65. The summed E-state index contributed by atoms with van der Waals surface area (Å²) in [7, 11) is 0. The normalized spacial score (nSPS) is 10.2. The van der Waals surface area contributed by atoms with Gasteiger partial charge in [-0.2, -0.15) is 0 Å². The SMILES string of the molecule is C=CCNc1cncc(C(=O)Nc2ccc(OCc3ccc(Cl)cc3)cc2)c1. The predicted molar refractivity (Wildman–Crippen MR) is 113 cm³/mol. The van der Waals surface area contributed by atoms with E-state index >= 15 is 0 Å². The van der Waals surface area contributed by atoms with Crippen molar-refractivity contribution in [3.05, 3.63) is 95.8 Å². The third kappa shape index (κ3) is 5.59. The number of halogens is 1. The summed E-state index contributed by atoms with van der Waals surface area (Å²) in [5.74, 6) is 0.481. The summed E-state index contributed by atoms with van der Waals surface area (Å²) in [6.45, 7) is 4.70. The van der Waals surface area contributed by atoms with Crippen molar-refractivity contribution in [2.24, 2.45) is 0 Å². The molecular formula is C22H20ClN3O2. The fourth-order valence-corrected chi connectivity index (χ4v) is 2.56. The minimum absolute atomic E-state index is 0.232. The highest BCUT2D eigenvalue weighted by Crippen LogP contribution is 2.19. The second-order valence-corrected chi connectivity index (χ2v) is 6.46. The number of carbonyl (C=O) groups excluding carboxylic acids is 1. The van der Waals surface area contributed by atoms with Crippen LogP contribution in [0.2, 0.25) is 5.02 Å². The molecular weight excluding hydrogens is 374 g/mol.